The van der Waals surface area contributed by atoms with Gasteiger partial charge in [0.05, 0.1) is 32.2 Å². The summed E-state index contributed by atoms with van der Waals surface area (Å²) in [6.07, 6.45) is 5.65. The average molecular weight is 370 g/mol. The van der Waals surface area contributed by atoms with E-state index >= 15 is 0 Å². The number of halogens is 1. The summed E-state index contributed by atoms with van der Waals surface area (Å²) in [6, 6.07) is 9.98. The summed E-state index contributed by atoms with van der Waals surface area (Å²) >= 11 is 0. The van der Waals surface area contributed by atoms with Crippen molar-refractivity contribution in [3.05, 3.63) is 65.7 Å². The molecule has 5 nitrogen and oxygen atoms in total. The number of aromatic nitrogens is 1. The molecule has 27 heavy (non-hydrogen) atoms. The summed E-state index contributed by atoms with van der Waals surface area (Å²) in [4.78, 5) is 18.4. The highest BCUT2D eigenvalue weighted by molar-refractivity contribution is 5.80. The monoisotopic (exact) mass is 370 g/mol. The Kier molecular flexibility index (Phi) is 5.18. The Bertz CT molecular complexity index is 776. The molecule has 0 unspecified atom stereocenters. The van der Waals surface area contributed by atoms with E-state index in [0.717, 1.165) is 24.0 Å². The molecule has 0 radical (unpaired) electrons. The van der Waals surface area contributed by atoms with E-state index in [1.54, 1.807) is 18.3 Å². The van der Waals surface area contributed by atoms with Gasteiger partial charge in [0, 0.05) is 25.4 Å². The van der Waals surface area contributed by atoms with Crippen LogP contribution in [0.25, 0.3) is 0 Å². The molecule has 0 aliphatic carbocycles. The lowest BCUT2D eigenvalue weighted by Gasteiger charge is -2.53. The van der Waals surface area contributed by atoms with Crippen LogP contribution in [0.4, 0.5) is 4.39 Å². The summed E-state index contributed by atoms with van der Waals surface area (Å²) in [5, 5.41) is 0. The van der Waals surface area contributed by atoms with Crippen LogP contribution in [-0.2, 0) is 27.3 Å². The first kappa shape index (κ1) is 18.1. The number of hydrogen-bond donors (Lipinski definition) is 0. The molecule has 2 fully saturated rings. The van der Waals surface area contributed by atoms with E-state index in [9.17, 15) is 9.18 Å². The standard InChI is InChI=1S/C21H23FN2O3/c22-18-5-3-16(4-6-18)10-20(25)24-14-21(15-24)11-19(7-9-27-21)26-13-17-2-1-8-23-12-17/h1-6,8,12,19H,7,9-11,13-15H2/t19-/m0/s1. The van der Waals surface area contributed by atoms with Gasteiger partial charge in [-0.3, -0.25) is 9.78 Å². The Morgan fingerprint density at radius 3 is 2.81 bits per heavy atom. The highest BCUT2D eigenvalue weighted by Gasteiger charge is 2.49. The maximum atomic E-state index is 13.0. The Hall–Kier alpha value is -2.31. The summed E-state index contributed by atoms with van der Waals surface area (Å²) in [7, 11) is 0. The molecule has 0 bridgehead atoms. The van der Waals surface area contributed by atoms with Crippen molar-refractivity contribution in [2.45, 2.75) is 37.6 Å². The lowest BCUT2D eigenvalue weighted by atomic mass is 9.84. The second-order valence-corrected chi connectivity index (χ2v) is 7.37. The van der Waals surface area contributed by atoms with E-state index < -0.39 is 0 Å². The zero-order valence-electron chi connectivity index (χ0n) is 15.1. The molecule has 4 rings (SSSR count). The van der Waals surface area contributed by atoms with Crippen molar-refractivity contribution < 1.29 is 18.7 Å². The van der Waals surface area contributed by atoms with Gasteiger partial charge in [-0.25, -0.2) is 4.39 Å². The number of benzene rings is 1. The predicted molar refractivity (Wildman–Crippen MR) is 97.4 cm³/mol. The van der Waals surface area contributed by atoms with Crippen LogP contribution < -0.4 is 0 Å². The molecule has 2 saturated heterocycles. The number of carbonyl (C=O) groups excluding carboxylic acids is 1. The van der Waals surface area contributed by atoms with Gasteiger partial charge < -0.3 is 14.4 Å². The number of likely N-dealkylation sites (tertiary alicyclic amines) is 1. The van der Waals surface area contributed by atoms with Gasteiger partial charge in [-0.2, -0.15) is 0 Å². The van der Waals surface area contributed by atoms with E-state index in [1.165, 1.54) is 12.1 Å². The summed E-state index contributed by atoms with van der Waals surface area (Å²) in [5.41, 5.74) is 1.60. The Labute approximate surface area is 158 Å². The predicted octanol–water partition coefficient (Wildman–Crippen LogP) is 2.74. The number of pyridine rings is 1. The SMILES string of the molecule is O=C(Cc1ccc(F)cc1)N1CC2(C[C@@H](OCc3cccnc3)CCO2)C1. The van der Waals surface area contributed by atoms with E-state index in [1.807, 2.05) is 23.2 Å². The van der Waals surface area contributed by atoms with Crippen molar-refractivity contribution in [1.82, 2.24) is 9.88 Å². The number of carbonyl (C=O) groups is 1. The van der Waals surface area contributed by atoms with Gasteiger partial charge in [0.2, 0.25) is 5.91 Å². The van der Waals surface area contributed by atoms with Crippen LogP contribution in [0, 0.1) is 5.82 Å². The summed E-state index contributed by atoms with van der Waals surface area (Å²) < 4.78 is 25.0. The van der Waals surface area contributed by atoms with E-state index in [0.29, 0.717) is 26.3 Å². The molecule has 1 aromatic heterocycles. The molecule has 1 amide bonds. The van der Waals surface area contributed by atoms with Crippen molar-refractivity contribution in [1.29, 1.82) is 0 Å². The number of nitrogens with zero attached hydrogens (tertiary/aromatic N) is 2. The lowest BCUT2D eigenvalue weighted by Crippen LogP contribution is -2.67. The molecule has 6 heteroatoms. The number of amides is 1. The largest absolute Gasteiger partial charge is 0.373 e. The minimum atomic E-state index is -0.290. The second-order valence-electron chi connectivity index (χ2n) is 7.37. The van der Waals surface area contributed by atoms with E-state index in [2.05, 4.69) is 4.98 Å². The second kappa shape index (κ2) is 7.74. The lowest BCUT2D eigenvalue weighted by molar-refractivity contribution is -0.202. The highest BCUT2D eigenvalue weighted by Crippen LogP contribution is 2.35. The van der Waals surface area contributed by atoms with Gasteiger partial charge in [0.1, 0.15) is 11.4 Å². The molecule has 1 atom stereocenters. The first-order valence-electron chi connectivity index (χ1n) is 9.29. The molecule has 0 saturated carbocycles. The molecule has 2 aliphatic rings. The van der Waals surface area contributed by atoms with Crippen molar-refractivity contribution >= 4 is 5.91 Å². The van der Waals surface area contributed by atoms with Crippen molar-refractivity contribution in [2.24, 2.45) is 0 Å². The fourth-order valence-corrected chi connectivity index (χ4v) is 3.76. The highest BCUT2D eigenvalue weighted by atomic mass is 19.1. The van der Waals surface area contributed by atoms with Crippen LogP contribution in [0.1, 0.15) is 24.0 Å². The quantitative estimate of drug-likeness (QED) is 0.812. The van der Waals surface area contributed by atoms with Crippen molar-refractivity contribution in [3.63, 3.8) is 0 Å². The number of hydrogen-bond acceptors (Lipinski definition) is 4. The summed E-state index contributed by atoms with van der Waals surface area (Å²) in [5.74, 6) is -0.240. The molecule has 2 aliphatic heterocycles. The van der Waals surface area contributed by atoms with Gasteiger partial charge >= 0.3 is 0 Å². The fourth-order valence-electron chi connectivity index (χ4n) is 3.76. The maximum Gasteiger partial charge on any atom is 0.227 e. The average Bonchev–Trinajstić information content (AvgIpc) is 2.67. The molecule has 0 N–H and O–H groups in total. The topological polar surface area (TPSA) is 51.7 Å². The minimum absolute atomic E-state index is 0.0502. The Balaban J connectivity index is 1.26. The van der Waals surface area contributed by atoms with E-state index in [4.69, 9.17) is 9.47 Å². The molecule has 3 heterocycles. The third-order valence-corrected chi connectivity index (χ3v) is 5.24. The van der Waals surface area contributed by atoms with Crippen LogP contribution in [0.5, 0.6) is 0 Å². The Morgan fingerprint density at radius 2 is 2.07 bits per heavy atom. The van der Waals surface area contributed by atoms with Gasteiger partial charge in [-0.15, -0.1) is 0 Å². The molecule has 2 aromatic rings. The minimum Gasteiger partial charge on any atom is -0.373 e. The first-order chi connectivity index (χ1) is 13.1. The van der Waals surface area contributed by atoms with Crippen LogP contribution in [0.3, 0.4) is 0 Å². The third kappa shape index (κ3) is 4.34. The first-order valence-corrected chi connectivity index (χ1v) is 9.29. The molecular weight excluding hydrogens is 347 g/mol. The van der Waals surface area contributed by atoms with Gasteiger partial charge in [-0.05, 0) is 35.7 Å². The number of ether oxygens (including phenoxy) is 2. The molecular formula is C21H23FN2O3. The zero-order chi connectivity index (χ0) is 18.7. The fraction of sp³-hybridized carbons (Fsp3) is 0.429. The maximum absolute atomic E-state index is 13.0. The Morgan fingerprint density at radius 1 is 1.26 bits per heavy atom. The molecule has 142 valence electrons. The van der Waals surface area contributed by atoms with Gasteiger partial charge in [0.15, 0.2) is 0 Å². The van der Waals surface area contributed by atoms with Crippen LogP contribution >= 0.6 is 0 Å². The van der Waals surface area contributed by atoms with Crippen LogP contribution in [0.2, 0.25) is 0 Å². The van der Waals surface area contributed by atoms with Gasteiger partial charge in [0.25, 0.3) is 0 Å². The normalized spacial score (nSPS) is 21.1. The molecule has 1 aromatic carbocycles. The van der Waals surface area contributed by atoms with E-state index in [-0.39, 0.29) is 29.9 Å². The molecule has 1 spiro atoms. The number of rotatable bonds is 5. The van der Waals surface area contributed by atoms with Gasteiger partial charge in [-0.1, -0.05) is 18.2 Å². The smallest absolute Gasteiger partial charge is 0.227 e. The zero-order valence-corrected chi connectivity index (χ0v) is 15.1. The van der Waals surface area contributed by atoms with Crippen molar-refractivity contribution in [3.8, 4) is 0 Å². The third-order valence-electron chi connectivity index (χ3n) is 5.24. The van der Waals surface area contributed by atoms with Crippen LogP contribution in [-0.4, -0.2) is 47.2 Å². The van der Waals surface area contributed by atoms with Crippen molar-refractivity contribution in [2.75, 3.05) is 19.7 Å². The summed E-state index contributed by atoms with van der Waals surface area (Å²) in [6.45, 7) is 2.39. The van der Waals surface area contributed by atoms with Crippen LogP contribution in [0.15, 0.2) is 48.8 Å².